The molecule has 1 unspecified atom stereocenters. The predicted molar refractivity (Wildman–Crippen MR) is 61.6 cm³/mol. The summed E-state index contributed by atoms with van der Waals surface area (Å²) in [4.78, 5) is 11.2. The van der Waals surface area contributed by atoms with Crippen LogP contribution in [0.4, 0.5) is 0 Å². The van der Waals surface area contributed by atoms with Crippen LogP contribution in [-0.2, 0) is 4.79 Å². The molecular formula is C10H20N2OS. The first kappa shape index (κ1) is 11.9. The van der Waals surface area contributed by atoms with Crippen molar-refractivity contribution in [1.29, 1.82) is 0 Å². The molecule has 3 nitrogen and oxygen atoms in total. The van der Waals surface area contributed by atoms with E-state index in [1.807, 2.05) is 11.8 Å². The van der Waals surface area contributed by atoms with Crippen LogP contribution in [0.3, 0.4) is 0 Å². The van der Waals surface area contributed by atoms with Crippen LogP contribution < -0.4 is 10.6 Å². The van der Waals surface area contributed by atoms with Gasteiger partial charge in [-0.2, -0.15) is 11.8 Å². The normalized spacial score (nSPS) is 21.1. The topological polar surface area (TPSA) is 41.1 Å². The van der Waals surface area contributed by atoms with E-state index in [1.54, 1.807) is 0 Å². The maximum Gasteiger partial charge on any atom is 0.233 e. The molecule has 0 aromatic rings. The van der Waals surface area contributed by atoms with Crippen molar-refractivity contribution in [1.82, 2.24) is 10.6 Å². The molecule has 1 rings (SSSR count). The van der Waals surface area contributed by atoms with Gasteiger partial charge >= 0.3 is 0 Å². The minimum atomic E-state index is 0.123. The van der Waals surface area contributed by atoms with Crippen molar-refractivity contribution in [2.24, 2.45) is 5.92 Å². The van der Waals surface area contributed by atoms with Gasteiger partial charge in [0.2, 0.25) is 5.91 Å². The van der Waals surface area contributed by atoms with Gasteiger partial charge in [0, 0.05) is 6.54 Å². The molecule has 2 N–H and O–H groups in total. The van der Waals surface area contributed by atoms with Gasteiger partial charge in [-0.15, -0.1) is 0 Å². The Hall–Kier alpha value is -0.220. The lowest BCUT2D eigenvalue weighted by Crippen LogP contribution is -2.36. The van der Waals surface area contributed by atoms with E-state index in [0.717, 1.165) is 25.4 Å². The Bertz CT molecular complexity index is 170. The Morgan fingerprint density at radius 1 is 1.57 bits per heavy atom. The quantitative estimate of drug-likeness (QED) is 0.692. The fourth-order valence-corrected chi connectivity index (χ4v) is 2.75. The van der Waals surface area contributed by atoms with Gasteiger partial charge in [0.1, 0.15) is 0 Å². The van der Waals surface area contributed by atoms with Gasteiger partial charge < -0.3 is 10.6 Å². The molecule has 1 heterocycles. The van der Waals surface area contributed by atoms with Crippen molar-refractivity contribution < 1.29 is 4.79 Å². The maximum atomic E-state index is 11.2. The first-order valence-electron chi connectivity index (χ1n) is 5.38. The zero-order valence-electron chi connectivity index (χ0n) is 8.84. The summed E-state index contributed by atoms with van der Waals surface area (Å²) in [7, 11) is 0. The molecule has 1 amide bonds. The van der Waals surface area contributed by atoms with Crippen LogP contribution >= 0.6 is 11.8 Å². The van der Waals surface area contributed by atoms with Crippen LogP contribution in [0.25, 0.3) is 0 Å². The van der Waals surface area contributed by atoms with Gasteiger partial charge in [0.05, 0.1) is 6.54 Å². The molecule has 1 fully saturated rings. The van der Waals surface area contributed by atoms with Gasteiger partial charge in [0.25, 0.3) is 0 Å². The van der Waals surface area contributed by atoms with Crippen molar-refractivity contribution >= 4 is 17.7 Å². The summed E-state index contributed by atoms with van der Waals surface area (Å²) < 4.78 is 0. The second kappa shape index (κ2) is 7.12. The maximum absolute atomic E-state index is 11.2. The van der Waals surface area contributed by atoms with E-state index in [-0.39, 0.29) is 5.91 Å². The van der Waals surface area contributed by atoms with Crippen molar-refractivity contribution in [3.05, 3.63) is 0 Å². The van der Waals surface area contributed by atoms with Crippen LogP contribution in [0.1, 0.15) is 19.8 Å². The van der Waals surface area contributed by atoms with Gasteiger partial charge in [-0.25, -0.2) is 0 Å². The first-order chi connectivity index (χ1) is 6.83. The lowest BCUT2D eigenvalue weighted by molar-refractivity contribution is -0.120. The van der Waals surface area contributed by atoms with E-state index in [1.165, 1.54) is 17.9 Å². The molecule has 1 saturated heterocycles. The second-order valence-corrected chi connectivity index (χ2v) is 4.86. The molecule has 14 heavy (non-hydrogen) atoms. The fraction of sp³-hybridized carbons (Fsp3) is 0.900. The Labute approximate surface area is 90.4 Å². The monoisotopic (exact) mass is 216 g/mol. The highest BCUT2D eigenvalue weighted by Gasteiger charge is 2.14. The smallest absolute Gasteiger partial charge is 0.233 e. The number of carbonyl (C=O) groups excluding carboxylic acids is 1. The SMILES string of the molecule is CCCNC(=O)CNCC1CCSC1. The highest BCUT2D eigenvalue weighted by Crippen LogP contribution is 2.22. The lowest BCUT2D eigenvalue weighted by Gasteiger charge is -2.09. The van der Waals surface area contributed by atoms with E-state index < -0.39 is 0 Å². The Kier molecular flexibility index (Phi) is 6.03. The molecule has 0 saturated carbocycles. The highest BCUT2D eigenvalue weighted by atomic mass is 32.2. The summed E-state index contributed by atoms with van der Waals surface area (Å²) in [5.41, 5.74) is 0. The molecule has 4 heteroatoms. The highest BCUT2D eigenvalue weighted by molar-refractivity contribution is 7.99. The average molecular weight is 216 g/mol. The molecule has 0 spiro atoms. The van der Waals surface area contributed by atoms with Gasteiger partial charge in [-0.1, -0.05) is 6.92 Å². The summed E-state index contributed by atoms with van der Waals surface area (Å²) in [6.07, 6.45) is 2.30. The summed E-state index contributed by atoms with van der Waals surface area (Å²) in [5, 5.41) is 6.06. The molecule has 82 valence electrons. The number of amides is 1. The third-order valence-corrected chi connectivity index (χ3v) is 3.55. The number of nitrogens with one attached hydrogen (secondary N) is 2. The third-order valence-electron chi connectivity index (χ3n) is 2.31. The van der Waals surface area contributed by atoms with Gasteiger partial charge in [-0.3, -0.25) is 4.79 Å². The first-order valence-corrected chi connectivity index (χ1v) is 6.53. The van der Waals surface area contributed by atoms with E-state index >= 15 is 0 Å². The Morgan fingerprint density at radius 2 is 2.43 bits per heavy atom. The zero-order chi connectivity index (χ0) is 10.2. The molecule has 0 aliphatic carbocycles. The average Bonchev–Trinajstić information content (AvgIpc) is 2.67. The summed E-state index contributed by atoms with van der Waals surface area (Å²) >= 11 is 2.01. The molecule has 0 aromatic carbocycles. The Balaban J connectivity index is 1.94. The van der Waals surface area contributed by atoms with E-state index in [4.69, 9.17) is 0 Å². The van der Waals surface area contributed by atoms with Crippen LogP contribution in [0.2, 0.25) is 0 Å². The van der Waals surface area contributed by atoms with Crippen molar-refractivity contribution in [2.75, 3.05) is 31.1 Å². The van der Waals surface area contributed by atoms with Gasteiger partial charge in [-0.05, 0) is 36.8 Å². The number of rotatable bonds is 6. The largest absolute Gasteiger partial charge is 0.355 e. The molecule has 1 aliphatic rings. The molecule has 0 bridgehead atoms. The number of thioether (sulfide) groups is 1. The molecule has 0 radical (unpaired) electrons. The predicted octanol–water partition coefficient (Wildman–Crippen LogP) is 0.855. The third kappa shape index (κ3) is 4.86. The minimum Gasteiger partial charge on any atom is -0.355 e. The second-order valence-electron chi connectivity index (χ2n) is 3.71. The number of hydrogen-bond donors (Lipinski definition) is 2. The van der Waals surface area contributed by atoms with Crippen LogP contribution in [0.5, 0.6) is 0 Å². The van der Waals surface area contributed by atoms with Crippen molar-refractivity contribution in [2.45, 2.75) is 19.8 Å². The summed E-state index contributed by atoms with van der Waals surface area (Å²) in [5.74, 6) is 3.44. The minimum absolute atomic E-state index is 0.123. The van der Waals surface area contributed by atoms with E-state index in [9.17, 15) is 4.79 Å². The zero-order valence-corrected chi connectivity index (χ0v) is 9.66. The molecular weight excluding hydrogens is 196 g/mol. The number of hydrogen-bond acceptors (Lipinski definition) is 3. The van der Waals surface area contributed by atoms with Crippen molar-refractivity contribution in [3.63, 3.8) is 0 Å². The standard InChI is InChI=1S/C10H20N2OS/c1-2-4-12-10(13)7-11-6-9-3-5-14-8-9/h9,11H,2-8H2,1H3,(H,12,13). The van der Waals surface area contributed by atoms with Crippen LogP contribution in [0.15, 0.2) is 0 Å². The van der Waals surface area contributed by atoms with Crippen LogP contribution in [0, 0.1) is 5.92 Å². The lowest BCUT2D eigenvalue weighted by atomic mass is 10.1. The Morgan fingerprint density at radius 3 is 3.07 bits per heavy atom. The van der Waals surface area contributed by atoms with Gasteiger partial charge in [0.15, 0.2) is 0 Å². The molecule has 0 aromatic heterocycles. The van der Waals surface area contributed by atoms with Crippen molar-refractivity contribution in [3.8, 4) is 0 Å². The van der Waals surface area contributed by atoms with Crippen LogP contribution in [-0.4, -0.2) is 37.0 Å². The van der Waals surface area contributed by atoms with E-state index in [0.29, 0.717) is 6.54 Å². The summed E-state index contributed by atoms with van der Waals surface area (Å²) in [6.45, 7) is 4.32. The molecule has 1 aliphatic heterocycles. The fourth-order valence-electron chi connectivity index (χ4n) is 1.46. The number of carbonyl (C=O) groups is 1. The van der Waals surface area contributed by atoms with E-state index in [2.05, 4.69) is 17.6 Å². The molecule has 1 atom stereocenters. The summed E-state index contributed by atoms with van der Waals surface area (Å²) in [6, 6.07) is 0.